The molecule has 2 N–H and O–H groups in total. The summed E-state index contributed by atoms with van der Waals surface area (Å²) in [5.41, 5.74) is -0.129. The molecule has 0 radical (unpaired) electrons. The average molecular weight is 241 g/mol. The van der Waals surface area contributed by atoms with Crippen LogP contribution in [-0.2, 0) is 16.0 Å². The quantitative estimate of drug-likeness (QED) is 0.586. The third-order valence-electron chi connectivity index (χ3n) is 2.23. The van der Waals surface area contributed by atoms with Crippen molar-refractivity contribution in [3.63, 3.8) is 0 Å². The van der Waals surface area contributed by atoms with Gasteiger partial charge in [-0.1, -0.05) is 0 Å². The first-order valence-electron chi connectivity index (χ1n) is 4.67. The number of phenolic OH excluding ortho intramolecular Hbond substituents is 1. The number of benzene rings is 1. The van der Waals surface area contributed by atoms with Gasteiger partial charge in [0.05, 0.1) is 4.92 Å². The van der Waals surface area contributed by atoms with Gasteiger partial charge in [-0.25, -0.2) is 4.79 Å². The van der Waals surface area contributed by atoms with Gasteiger partial charge in [-0.05, 0) is 12.1 Å². The van der Waals surface area contributed by atoms with E-state index in [2.05, 4.69) is 4.74 Å². The Balaban J connectivity index is 3.07. The van der Waals surface area contributed by atoms with E-state index in [1.54, 1.807) is 0 Å². The summed E-state index contributed by atoms with van der Waals surface area (Å²) in [6, 6.07) is 3.45. The zero-order valence-corrected chi connectivity index (χ0v) is 8.99. The molecule has 0 aliphatic heterocycles. The summed E-state index contributed by atoms with van der Waals surface area (Å²) in [7, 11) is 1.20. The van der Waals surface area contributed by atoms with E-state index in [0.29, 0.717) is 0 Å². The van der Waals surface area contributed by atoms with Crippen LogP contribution >= 0.6 is 0 Å². The van der Waals surface area contributed by atoms with E-state index in [0.717, 1.165) is 12.1 Å². The molecule has 0 bridgehead atoms. The normalized spacial score (nSPS) is 12.1. The Morgan fingerprint density at radius 1 is 1.59 bits per heavy atom. The summed E-state index contributed by atoms with van der Waals surface area (Å²) >= 11 is 0. The first kappa shape index (κ1) is 12.9. The highest BCUT2D eigenvalue weighted by Gasteiger charge is 2.22. The SMILES string of the molecule is COC(Cc1cc(O)ccc1[N+](=O)[O-])C(=O)O. The topological polar surface area (TPSA) is 110 Å². The predicted octanol–water partition coefficient (Wildman–Crippen LogP) is 0.942. The molecule has 0 saturated heterocycles. The summed E-state index contributed by atoms with van der Waals surface area (Å²) in [6.45, 7) is 0. The molecule has 0 saturated carbocycles. The van der Waals surface area contributed by atoms with Crippen molar-refractivity contribution >= 4 is 11.7 Å². The molecule has 17 heavy (non-hydrogen) atoms. The molecule has 1 atom stereocenters. The van der Waals surface area contributed by atoms with Gasteiger partial charge in [0.15, 0.2) is 6.10 Å². The van der Waals surface area contributed by atoms with Crippen molar-refractivity contribution in [2.24, 2.45) is 0 Å². The molecule has 7 nitrogen and oxygen atoms in total. The summed E-state index contributed by atoms with van der Waals surface area (Å²) < 4.78 is 4.69. The number of hydrogen-bond donors (Lipinski definition) is 2. The lowest BCUT2D eigenvalue weighted by atomic mass is 10.1. The van der Waals surface area contributed by atoms with E-state index in [-0.39, 0.29) is 23.4 Å². The minimum Gasteiger partial charge on any atom is -0.508 e. The van der Waals surface area contributed by atoms with Gasteiger partial charge < -0.3 is 14.9 Å². The van der Waals surface area contributed by atoms with Crippen molar-refractivity contribution < 1.29 is 24.7 Å². The number of nitro groups is 1. The number of methoxy groups -OCH3 is 1. The maximum atomic E-state index is 10.7. The Morgan fingerprint density at radius 3 is 2.71 bits per heavy atom. The first-order chi connectivity index (χ1) is 7.95. The highest BCUT2D eigenvalue weighted by Crippen LogP contribution is 2.24. The zero-order valence-electron chi connectivity index (χ0n) is 8.99. The molecular weight excluding hydrogens is 230 g/mol. The molecule has 0 aromatic heterocycles. The summed E-state index contributed by atoms with van der Waals surface area (Å²) in [5, 5.41) is 28.7. The van der Waals surface area contributed by atoms with E-state index < -0.39 is 17.0 Å². The van der Waals surface area contributed by atoms with Crippen LogP contribution in [0.25, 0.3) is 0 Å². The monoisotopic (exact) mass is 241 g/mol. The summed E-state index contributed by atoms with van der Waals surface area (Å²) in [6.07, 6.45) is -1.37. The third-order valence-corrected chi connectivity index (χ3v) is 2.23. The lowest BCUT2D eigenvalue weighted by molar-refractivity contribution is -0.385. The molecule has 1 rings (SSSR count). The number of hydrogen-bond acceptors (Lipinski definition) is 5. The maximum Gasteiger partial charge on any atom is 0.333 e. The van der Waals surface area contributed by atoms with Crippen LogP contribution in [0.15, 0.2) is 18.2 Å². The number of phenols is 1. The number of nitro benzene ring substituents is 1. The first-order valence-corrected chi connectivity index (χ1v) is 4.67. The number of carbonyl (C=O) groups is 1. The predicted molar refractivity (Wildman–Crippen MR) is 56.9 cm³/mol. The van der Waals surface area contributed by atoms with Crippen LogP contribution in [-0.4, -0.2) is 34.3 Å². The van der Waals surface area contributed by atoms with Gasteiger partial charge in [-0.2, -0.15) is 0 Å². The molecule has 0 fully saturated rings. The number of carboxylic acids is 1. The Hall–Kier alpha value is -2.15. The highest BCUT2D eigenvalue weighted by molar-refractivity contribution is 5.73. The minimum absolute atomic E-state index is 0.115. The molecule has 0 aliphatic rings. The van der Waals surface area contributed by atoms with Crippen molar-refractivity contribution in [3.8, 4) is 5.75 Å². The molecule has 0 heterocycles. The van der Waals surface area contributed by atoms with Crippen LogP contribution < -0.4 is 0 Å². The highest BCUT2D eigenvalue weighted by atomic mass is 16.6. The zero-order chi connectivity index (χ0) is 13.0. The van der Waals surface area contributed by atoms with Crippen LogP contribution in [0.2, 0.25) is 0 Å². The second-order valence-electron chi connectivity index (χ2n) is 3.34. The molecule has 0 spiro atoms. The molecule has 7 heteroatoms. The molecule has 0 aliphatic carbocycles. The Labute approximate surface area is 96.4 Å². The molecule has 1 aromatic carbocycles. The molecular formula is C10H11NO6. The number of ether oxygens (including phenoxy) is 1. The third kappa shape index (κ3) is 3.15. The van der Waals surface area contributed by atoms with Gasteiger partial charge in [0.1, 0.15) is 5.75 Å². The lowest BCUT2D eigenvalue weighted by Crippen LogP contribution is -2.25. The van der Waals surface area contributed by atoms with E-state index in [9.17, 15) is 20.0 Å². The molecule has 0 amide bonds. The minimum atomic E-state index is -1.22. The van der Waals surface area contributed by atoms with Crippen LogP contribution in [0.5, 0.6) is 5.75 Å². The number of carboxylic acid groups (broad SMARTS) is 1. The smallest absolute Gasteiger partial charge is 0.333 e. The number of aliphatic carboxylic acids is 1. The van der Waals surface area contributed by atoms with E-state index in [1.807, 2.05) is 0 Å². The Kier molecular flexibility index (Phi) is 4.00. The van der Waals surface area contributed by atoms with Crippen molar-refractivity contribution in [1.82, 2.24) is 0 Å². The fourth-order valence-electron chi connectivity index (χ4n) is 1.38. The Bertz CT molecular complexity index is 444. The van der Waals surface area contributed by atoms with Crippen molar-refractivity contribution in [2.75, 3.05) is 7.11 Å². The van der Waals surface area contributed by atoms with Gasteiger partial charge in [-0.3, -0.25) is 10.1 Å². The summed E-state index contributed by atoms with van der Waals surface area (Å²) in [4.78, 5) is 20.8. The standard InChI is InChI=1S/C10H11NO6/c1-17-9(10(13)14)5-6-4-7(12)2-3-8(6)11(15)16/h2-4,9,12H,5H2,1H3,(H,13,14). The average Bonchev–Trinajstić information content (AvgIpc) is 2.25. The van der Waals surface area contributed by atoms with Gasteiger partial charge in [0, 0.05) is 25.2 Å². The van der Waals surface area contributed by atoms with Crippen molar-refractivity contribution in [2.45, 2.75) is 12.5 Å². The number of rotatable bonds is 5. The van der Waals surface area contributed by atoms with E-state index in [1.165, 1.54) is 13.2 Å². The van der Waals surface area contributed by atoms with Gasteiger partial charge in [-0.15, -0.1) is 0 Å². The van der Waals surface area contributed by atoms with Gasteiger partial charge in [0.2, 0.25) is 0 Å². The second-order valence-corrected chi connectivity index (χ2v) is 3.34. The largest absolute Gasteiger partial charge is 0.508 e. The fraction of sp³-hybridized carbons (Fsp3) is 0.300. The van der Waals surface area contributed by atoms with E-state index >= 15 is 0 Å². The fourth-order valence-corrected chi connectivity index (χ4v) is 1.38. The summed E-state index contributed by atoms with van der Waals surface area (Å²) in [5.74, 6) is -1.38. The van der Waals surface area contributed by atoms with Crippen LogP contribution in [0.1, 0.15) is 5.56 Å². The molecule has 1 unspecified atom stereocenters. The van der Waals surface area contributed by atoms with E-state index in [4.69, 9.17) is 5.11 Å². The molecule has 1 aromatic rings. The van der Waals surface area contributed by atoms with Gasteiger partial charge >= 0.3 is 5.97 Å². The van der Waals surface area contributed by atoms with Crippen molar-refractivity contribution in [3.05, 3.63) is 33.9 Å². The van der Waals surface area contributed by atoms with Crippen molar-refractivity contribution in [1.29, 1.82) is 0 Å². The Morgan fingerprint density at radius 2 is 2.24 bits per heavy atom. The van der Waals surface area contributed by atoms with Crippen LogP contribution in [0.4, 0.5) is 5.69 Å². The number of nitrogens with zero attached hydrogens (tertiary/aromatic N) is 1. The molecule has 92 valence electrons. The lowest BCUT2D eigenvalue weighted by Gasteiger charge is -2.10. The maximum absolute atomic E-state index is 10.7. The van der Waals surface area contributed by atoms with Crippen LogP contribution in [0.3, 0.4) is 0 Å². The number of aromatic hydroxyl groups is 1. The van der Waals surface area contributed by atoms with Crippen LogP contribution in [0, 0.1) is 10.1 Å². The second kappa shape index (κ2) is 5.26. The van der Waals surface area contributed by atoms with Gasteiger partial charge in [0.25, 0.3) is 5.69 Å².